The summed E-state index contributed by atoms with van der Waals surface area (Å²) in [5.41, 5.74) is 1.65. The van der Waals surface area contributed by atoms with E-state index in [2.05, 4.69) is 15.9 Å². The fourth-order valence-electron chi connectivity index (χ4n) is 1.80. The maximum Gasteiger partial charge on any atom is 0.310 e. The van der Waals surface area contributed by atoms with Crippen LogP contribution in [0.15, 0.2) is 46.9 Å². The number of hydrogen-bond donors (Lipinski definition) is 1. The summed E-state index contributed by atoms with van der Waals surface area (Å²) in [4.78, 5) is 10.9. The van der Waals surface area contributed by atoms with Crippen LogP contribution in [0.3, 0.4) is 0 Å². The van der Waals surface area contributed by atoms with Gasteiger partial charge in [0.25, 0.3) is 0 Å². The lowest BCUT2D eigenvalue weighted by atomic mass is 10.0. The van der Waals surface area contributed by atoms with Gasteiger partial charge >= 0.3 is 5.97 Å². The second-order valence-corrected chi connectivity index (χ2v) is 5.52. The van der Waals surface area contributed by atoms with E-state index in [1.807, 2.05) is 12.1 Å². The number of ether oxygens (including phenoxy) is 1. The van der Waals surface area contributed by atoms with Crippen LogP contribution in [0.4, 0.5) is 4.39 Å². The van der Waals surface area contributed by atoms with Gasteiger partial charge in [-0.05, 0) is 52.2 Å². The molecule has 0 spiro atoms. The van der Waals surface area contributed by atoms with Crippen LogP contribution >= 0.6 is 15.9 Å². The van der Waals surface area contributed by atoms with Gasteiger partial charge in [-0.15, -0.1) is 0 Å². The first kappa shape index (κ1) is 15.5. The molecule has 0 fully saturated rings. The van der Waals surface area contributed by atoms with Gasteiger partial charge in [-0.25, -0.2) is 4.39 Å². The molecule has 0 radical (unpaired) electrons. The largest absolute Gasteiger partial charge is 0.488 e. The van der Waals surface area contributed by atoms with E-state index < -0.39 is 11.9 Å². The normalized spacial score (nSPS) is 12.0. The van der Waals surface area contributed by atoms with Gasteiger partial charge in [0.2, 0.25) is 0 Å². The van der Waals surface area contributed by atoms with E-state index in [-0.39, 0.29) is 5.82 Å². The molecule has 2 aromatic carbocycles. The highest BCUT2D eigenvalue weighted by atomic mass is 79.9. The number of carboxylic acid groups (broad SMARTS) is 1. The van der Waals surface area contributed by atoms with E-state index in [4.69, 9.17) is 9.84 Å². The highest BCUT2D eigenvalue weighted by molar-refractivity contribution is 9.10. The Bertz CT molecular complexity index is 640. The molecular weight excluding hydrogens is 339 g/mol. The maximum atomic E-state index is 13.0. The summed E-state index contributed by atoms with van der Waals surface area (Å²) >= 11 is 3.24. The third kappa shape index (κ3) is 4.04. The first-order valence-electron chi connectivity index (χ1n) is 6.37. The molecule has 0 aliphatic rings. The van der Waals surface area contributed by atoms with Crippen molar-refractivity contribution in [3.63, 3.8) is 0 Å². The van der Waals surface area contributed by atoms with Crippen LogP contribution in [0.1, 0.15) is 24.0 Å². The Morgan fingerprint density at radius 3 is 2.52 bits per heavy atom. The van der Waals surface area contributed by atoms with E-state index in [0.717, 1.165) is 11.1 Å². The van der Waals surface area contributed by atoms with Crippen molar-refractivity contribution in [3.8, 4) is 5.75 Å². The Hall–Kier alpha value is -1.88. The summed E-state index contributed by atoms with van der Waals surface area (Å²) < 4.78 is 19.1. The molecule has 0 aliphatic heterocycles. The summed E-state index contributed by atoms with van der Waals surface area (Å²) in [7, 11) is 0. The molecule has 0 saturated carbocycles. The van der Waals surface area contributed by atoms with E-state index in [9.17, 15) is 9.18 Å². The monoisotopic (exact) mass is 352 g/mol. The number of rotatable bonds is 5. The van der Waals surface area contributed by atoms with Crippen LogP contribution in [0.25, 0.3) is 0 Å². The number of benzene rings is 2. The van der Waals surface area contributed by atoms with E-state index in [1.165, 1.54) is 12.1 Å². The molecule has 3 nitrogen and oxygen atoms in total. The fraction of sp³-hybridized carbons (Fsp3) is 0.188. The summed E-state index contributed by atoms with van der Waals surface area (Å²) in [6.07, 6.45) is 0. The zero-order valence-electron chi connectivity index (χ0n) is 11.3. The van der Waals surface area contributed by atoms with Crippen molar-refractivity contribution in [3.05, 3.63) is 63.9 Å². The minimum absolute atomic E-state index is 0.325. The minimum Gasteiger partial charge on any atom is -0.488 e. The summed E-state index contributed by atoms with van der Waals surface area (Å²) in [6.45, 7) is 1.97. The average Bonchev–Trinajstić information content (AvgIpc) is 2.46. The number of hydrogen-bond acceptors (Lipinski definition) is 2. The Morgan fingerprint density at radius 1 is 1.29 bits per heavy atom. The van der Waals surface area contributed by atoms with Crippen LogP contribution in [-0.4, -0.2) is 11.1 Å². The van der Waals surface area contributed by atoms with Gasteiger partial charge in [0.1, 0.15) is 18.2 Å². The lowest BCUT2D eigenvalue weighted by molar-refractivity contribution is -0.138. The Kier molecular flexibility index (Phi) is 4.96. The number of aliphatic carboxylic acids is 1. The topological polar surface area (TPSA) is 46.5 Å². The van der Waals surface area contributed by atoms with Crippen LogP contribution in [-0.2, 0) is 11.4 Å². The molecule has 0 bridgehead atoms. The summed E-state index contributed by atoms with van der Waals surface area (Å²) in [5.74, 6) is -1.17. The van der Waals surface area contributed by atoms with Gasteiger partial charge < -0.3 is 9.84 Å². The predicted molar refractivity (Wildman–Crippen MR) is 80.9 cm³/mol. The highest BCUT2D eigenvalue weighted by Gasteiger charge is 2.13. The zero-order chi connectivity index (χ0) is 15.4. The molecule has 110 valence electrons. The molecule has 2 aromatic rings. The molecule has 2 rings (SSSR count). The molecule has 0 aliphatic carbocycles. The number of halogens is 2. The van der Waals surface area contributed by atoms with Gasteiger partial charge in [0.05, 0.1) is 10.4 Å². The first-order chi connectivity index (χ1) is 9.97. The van der Waals surface area contributed by atoms with Crippen LogP contribution in [0.5, 0.6) is 5.75 Å². The SMILES string of the molecule is CC(C(=O)O)c1ccc(COc2ccc(F)cc2Br)cc1. The van der Waals surface area contributed by atoms with Crippen molar-refractivity contribution >= 4 is 21.9 Å². The molecule has 5 heteroatoms. The molecule has 0 heterocycles. The smallest absolute Gasteiger partial charge is 0.310 e. The van der Waals surface area contributed by atoms with Crippen molar-refractivity contribution in [2.75, 3.05) is 0 Å². The van der Waals surface area contributed by atoms with Gasteiger partial charge in [-0.3, -0.25) is 4.79 Å². The zero-order valence-corrected chi connectivity index (χ0v) is 12.9. The first-order valence-corrected chi connectivity index (χ1v) is 7.16. The second-order valence-electron chi connectivity index (χ2n) is 4.66. The van der Waals surface area contributed by atoms with E-state index in [0.29, 0.717) is 16.8 Å². The Morgan fingerprint density at radius 2 is 1.95 bits per heavy atom. The Labute approximate surface area is 130 Å². The number of carboxylic acids is 1. The highest BCUT2D eigenvalue weighted by Crippen LogP contribution is 2.26. The maximum absolute atomic E-state index is 13.0. The standard InChI is InChI=1S/C16H14BrFO3/c1-10(16(19)20)12-4-2-11(3-5-12)9-21-15-7-6-13(18)8-14(15)17/h2-8,10H,9H2,1H3,(H,19,20). The van der Waals surface area contributed by atoms with Crippen LogP contribution in [0, 0.1) is 5.82 Å². The average molecular weight is 353 g/mol. The van der Waals surface area contributed by atoms with E-state index >= 15 is 0 Å². The van der Waals surface area contributed by atoms with E-state index in [1.54, 1.807) is 25.1 Å². The molecule has 0 aromatic heterocycles. The molecule has 0 saturated heterocycles. The molecule has 1 unspecified atom stereocenters. The van der Waals surface area contributed by atoms with Crippen molar-refractivity contribution in [1.29, 1.82) is 0 Å². The van der Waals surface area contributed by atoms with Gasteiger partial charge in [-0.2, -0.15) is 0 Å². The van der Waals surface area contributed by atoms with Crippen LogP contribution < -0.4 is 4.74 Å². The molecule has 0 amide bonds. The molecule has 1 atom stereocenters. The van der Waals surface area contributed by atoms with Crippen molar-refractivity contribution < 1.29 is 19.0 Å². The van der Waals surface area contributed by atoms with Crippen molar-refractivity contribution in [2.45, 2.75) is 19.4 Å². The minimum atomic E-state index is -0.853. The Balaban J connectivity index is 2.02. The third-order valence-electron chi connectivity index (χ3n) is 3.14. The molecule has 1 N–H and O–H groups in total. The summed E-state index contributed by atoms with van der Waals surface area (Å²) in [6, 6.07) is 11.4. The molecule has 21 heavy (non-hydrogen) atoms. The summed E-state index contributed by atoms with van der Waals surface area (Å²) in [5, 5.41) is 8.95. The fourth-order valence-corrected chi connectivity index (χ4v) is 2.26. The quantitative estimate of drug-likeness (QED) is 0.869. The van der Waals surface area contributed by atoms with Crippen molar-refractivity contribution in [2.24, 2.45) is 0 Å². The van der Waals surface area contributed by atoms with Gasteiger partial charge in [0.15, 0.2) is 0 Å². The second kappa shape index (κ2) is 6.72. The number of carbonyl (C=O) groups is 1. The van der Waals surface area contributed by atoms with Crippen molar-refractivity contribution in [1.82, 2.24) is 0 Å². The van der Waals surface area contributed by atoms with Gasteiger partial charge in [-0.1, -0.05) is 24.3 Å². The lowest BCUT2D eigenvalue weighted by Gasteiger charge is -2.10. The third-order valence-corrected chi connectivity index (χ3v) is 3.76. The predicted octanol–water partition coefficient (Wildman–Crippen LogP) is 4.36. The lowest BCUT2D eigenvalue weighted by Crippen LogP contribution is -2.07. The van der Waals surface area contributed by atoms with Crippen LogP contribution in [0.2, 0.25) is 0 Å². The molecular formula is C16H14BrFO3. The van der Waals surface area contributed by atoms with Gasteiger partial charge in [0, 0.05) is 0 Å².